The van der Waals surface area contributed by atoms with E-state index in [0.29, 0.717) is 0 Å². The average molecular weight is 194 g/mol. The Morgan fingerprint density at radius 2 is 1.79 bits per heavy atom. The summed E-state index contributed by atoms with van der Waals surface area (Å²) in [5.41, 5.74) is -0.120. The second-order valence-electron chi connectivity index (χ2n) is 3.29. The van der Waals surface area contributed by atoms with Crippen molar-refractivity contribution < 1.29 is 9.59 Å². The fraction of sp³-hybridized carbons (Fsp3) is 0.600. The van der Waals surface area contributed by atoms with Crippen LogP contribution in [-0.2, 0) is 9.59 Å². The quantitative estimate of drug-likeness (QED) is 0.630. The van der Waals surface area contributed by atoms with Crippen LogP contribution in [0, 0.1) is 17.2 Å². The summed E-state index contributed by atoms with van der Waals surface area (Å²) in [7, 11) is 0. The molecule has 0 saturated heterocycles. The van der Waals surface area contributed by atoms with E-state index in [4.69, 9.17) is 5.26 Å². The first-order valence-corrected chi connectivity index (χ1v) is 4.39. The minimum Gasteiger partial charge on any atom is -0.300 e. The first kappa shape index (κ1) is 12.5. The predicted octanol–water partition coefficient (Wildman–Crippen LogP) is 1.15. The van der Waals surface area contributed by atoms with E-state index in [1.165, 1.54) is 13.8 Å². The fourth-order valence-corrected chi connectivity index (χ4v) is 0.854. The van der Waals surface area contributed by atoms with Gasteiger partial charge in [-0.3, -0.25) is 14.6 Å². The summed E-state index contributed by atoms with van der Waals surface area (Å²) >= 11 is 0. The molecule has 0 N–H and O–H groups in total. The van der Waals surface area contributed by atoms with Crippen LogP contribution in [0.1, 0.15) is 27.7 Å². The molecule has 4 nitrogen and oxygen atoms in total. The topological polar surface area (TPSA) is 70.3 Å². The molecule has 0 aromatic rings. The number of aliphatic imine (C=N–C) groups is 1. The van der Waals surface area contributed by atoms with Crippen molar-refractivity contribution in [2.24, 2.45) is 10.9 Å². The summed E-state index contributed by atoms with van der Waals surface area (Å²) in [6, 6.07) is 1.39. The second-order valence-corrected chi connectivity index (χ2v) is 3.29. The third-order valence-electron chi connectivity index (χ3n) is 2.14. The van der Waals surface area contributed by atoms with Gasteiger partial charge in [-0.25, -0.2) is 0 Å². The summed E-state index contributed by atoms with van der Waals surface area (Å²) in [5, 5.41) is 8.58. The van der Waals surface area contributed by atoms with E-state index in [-0.39, 0.29) is 29.2 Å². The Kier molecular flexibility index (Phi) is 4.71. The highest BCUT2D eigenvalue weighted by Crippen LogP contribution is 2.08. The molecule has 0 aromatic carbocycles. The SMILES string of the molecule is CC(=O)/C(C#N)=N\C(C)C(C)C(C)=O. The lowest BCUT2D eigenvalue weighted by Crippen LogP contribution is -2.22. The average Bonchev–Trinajstić information content (AvgIpc) is 2.11. The molecule has 0 radical (unpaired) electrons. The van der Waals surface area contributed by atoms with Crippen LogP contribution in [0.4, 0.5) is 0 Å². The van der Waals surface area contributed by atoms with Crippen molar-refractivity contribution in [1.82, 2.24) is 0 Å². The Morgan fingerprint density at radius 1 is 1.29 bits per heavy atom. The van der Waals surface area contributed by atoms with Crippen LogP contribution in [0.25, 0.3) is 0 Å². The van der Waals surface area contributed by atoms with Crippen LogP contribution in [0.5, 0.6) is 0 Å². The maximum Gasteiger partial charge on any atom is 0.188 e. The lowest BCUT2D eigenvalue weighted by atomic mass is 10.00. The summed E-state index contributed by atoms with van der Waals surface area (Å²) in [4.78, 5) is 25.8. The zero-order valence-electron chi connectivity index (χ0n) is 8.87. The molecular formula is C10H14N2O2. The summed E-state index contributed by atoms with van der Waals surface area (Å²) in [6.45, 7) is 6.20. The van der Waals surface area contributed by atoms with Crippen molar-refractivity contribution in [3.8, 4) is 6.07 Å². The standard InChI is InChI=1S/C10H14N2O2/c1-6(8(3)13)7(2)12-10(5-11)9(4)14/h6-7H,1-4H3/b12-10-. The van der Waals surface area contributed by atoms with Crippen molar-refractivity contribution in [3.05, 3.63) is 0 Å². The van der Waals surface area contributed by atoms with Gasteiger partial charge in [0.25, 0.3) is 0 Å². The molecule has 0 fully saturated rings. The minimum atomic E-state index is -0.366. The molecule has 0 rings (SSSR count). The van der Waals surface area contributed by atoms with E-state index in [2.05, 4.69) is 4.99 Å². The Labute approximate surface area is 83.6 Å². The highest BCUT2D eigenvalue weighted by molar-refractivity contribution is 6.45. The highest BCUT2D eigenvalue weighted by atomic mass is 16.1. The first-order valence-electron chi connectivity index (χ1n) is 4.39. The van der Waals surface area contributed by atoms with Crippen LogP contribution in [-0.4, -0.2) is 23.3 Å². The number of carbonyl (C=O) groups is 2. The molecule has 0 bridgehead atoms. The van der Waals surface area contributed by atoms with Gasteiger partial charge in [0.05, 0.1) is 6.04 Å². The first-order chi connectivity index (χ1) is 6.40. The Morgan fingerprint density at radius 3 is 2.07 bits per heavy atom. The number of hydrogen-bond donors (Lipinski definition) is 0. The molecule has 0 aromatic heterocycles. The summed E-state index contributed by atoms with van der Waals surface area (Å²) < 4.78 is 0. The number of Topliss-reactive ketones (excluding diaryl/α,β-unsaturated/α-hetero) is 2. The van der Waals surface area contributed by atoms with E-state index in [1.54, 1.807) is 19.9 Å². The monoisotopic (exact) mass is 194 g/mol. The molecule has 2 atom stereocenters. The molecule has 0 aliphatic rings. The molecule has 76 valence electrons. The van der Waals surface area contributed by atoms with Crippen LogP contribution in [0.15, 0.2) is 4.99 Å². The lowest BCUT2D eigenvalue weighted by molar-refractivity contribution is -0.120. The molecule has 0 aliphatic heterocycles. The number of carbonyl (C=O) groups excluding carboxylic acids is 2. The van der Waals surface area contributed by atoms with Crippen molar-refractivity contribution in [1.29, 1.82) is 5.26 Å². The Hall–Kier alpha value is -1.50. The zero-order valence-corrected chi connectivity index (χ0v) is 8.87. The van der Waals surface area contributed by atoms with Gasteiger partial charge >= 0.3 is 0 Å². The lowest BCUT2D eigenvalue weighted by Gasteiger charge is -2.12. The smallest absolute Gasteiger partial charge is 0.188 e. The van der Waals surface area contributed by atoms with Crippen LogP contribution in [0.2, 0.25) is 0 Å². The van der Waals surface area contributed by atoms with E-state index in [1.807, 2.05) is 0 Å². The van der Waals surface area contributed by atoms with Crippen molar-refractivity contribution in [2.45, 2.75) is 33.7 Å². The Balaban J connectivity index is 4.73. The van der Waals surface area contributed by atoms with E-state index < -0.39 is 0 Å². The summed E-state index contributed by atoms with van der Waals surface area (Å²) in [6.07, 6.45) is 0. The summed E-state index contributed by atoms with van der Waals surface area (Å²) in [5.74, 6) is -0.630. The van der Waals surface area contributed by atoms with Gasteiger partial charge in [-0.2, -0.15) is 5.26 Å². The van der Waals surface area contributed by atoms with Crippen LogP contribution >= 0.6 is 0 Å². The maximum atomic E-state index is 11.0. The molecule has 0 heterocycles. The van der Waals surface area contributed by atoms with E-state index in [9.17, 15) is 9.59 Å². The number of rotatable bonds is 4. The molecule has 4 heteroatoms. The van der Waals surface area contributed by atoms with E-state index in [0.717, 1.165) is 0 Å². The van der Waals surface area contributed by atoms with Gasteiger partial charge in [0.2, 0.25) is 0 Å². The molecule has 0 amide bonds. The third kappa shape index (κ3) is 3.48. The minimum absolute atomic E-state index is 0.00194. The Bertz CT molecular complexity index is 313. The maximum absolute atomic E-state index is 11.0. The van der Waals surface area contributed by atoms with Crippen LogP contribution < -0.4 is 0 Å². The van der Waals surface area contributed by atoms with Crippen molar-refractivity contribution >= 4 is 17.3 Å². The van der Waals surface area contributed by atoms with Crippen LogP contribution in [0.3, 0.4) is 0 Å². The van der Waals surface area contributed by atoms with Gasteiger partial charge in [0.15, 0.2) is 11.5 Å². The van der Waals surface area contributed by atoms with Gasteiger partial charge in [-0.1, -0.05) is 6.92 Å². The number of nitrogens with zero attached hydrogens (tertiary/aromatic N) is 2. The van der Waals surface area contributed by atoms with Gasteiger partial charge < -0.3 is 0 Å². The molecular weight excluding hydrogens is 180 g/mol. The van der Waals surface area contributed by atoms with E-state index >= 15 is 0 Å². The molecule has 0 saturated carbocycles. The van der Waals surface area contributed by atoms with Crippen molar-refractivity contribution in [3.63, 3.8) is 0 Å². The number of ketones is 2. The van der Waals surface area contributed by atoms with Gasteiger partial charge in [-0.05, 0) is 13.8 Å². The number of nitriles is 1. The predicted molar refractivity (Wildman–Crippen MR) is 53.0 cm³/mol. The largest absolute Gasteiger partial charge is 0.300 e. The second kappa shape index (κ2) is 5.28. The number of hydrogen-bond acceptors (Lipinski definition) is 4. The molecule has 2 unspecified atom stereocenters. The van der Waals surface area contributed by atoms with Gasteiger partial charge in [-0.15, -0.1) is 0 Å². The zero-order chi connectivity index (χ0) is 11.3. The van der Waals surface area contributed by atoms with Crippen molar-refractivity contribution in [2.75, 3.05) is 0 Å². The molecule has 0 aliphatic carbocycles. The van der Waals surface area contributed by atoms with Gasteiger partial charge in [0.1, 0.15) is 11.9 Å². The molecule has 14 heavy (non-hydrogen) atoms. The normalized spacial score (nSPS) is 15.5. The molecule has 0 spiro atoms. The fourth-order valence-electron chi connectivity index (χ4n) is 0.854. The highest BCUT2D eigenvalue weighted by Gasteiger charge is 2.17. The van der Waals surface area contributed by atoms with Gasteiger partial charge in [0, 0.05) is 12.8 Å². The third-order valence-corrected chi connectivity index (χ3v) is 2.14.